The van der Waals surface area contributed by atoms with Crippen molar-refractivity contribution in [3.63, 3.8) is 0 Å². The second-order valence-corrected chi connectivity index (χ2v) is 7.99. The normalized spacial score (nSPS) is 14.5. The van der Waals surface area contributed by atoms with Crippen molar-refractivity contribution in [1.29, 1.82) is 0 Å². The van der Waals surface area contributed by atoms with Gasteiger partial charge >= 0.3 is 13.8 Å². The lowest BCUT2D eigenvalue weighted by atomic mass is 10.1. The SMILES string of the molecule is CCCCCCCC(=O)OCCOP(=O)(O)OCC[N+](C)(C)C. The van der Waals surface area contributed by atoms with Gasteiger partial charge in [-0.1, -0.05) is 32.6 Å². The number of ether oxygens (including phenoxy) is 1. The Bertz CT molecular complexity index is 369. The highest BCUT2D eigenvalue weighted by atomic mass is 31.2. The Kier molecular flexibility index (Phi) is 11.7. The molecule has 0 aromatic carbocycles. The molecule has 0 fully saturated rings. The van der Waals surface area contributed by atoms with Gasteiger partial charge in [0.1, 0.15) is 19.8 Å². The zero-order valence-corrected chi connectivity index (χ0v) is 15.8. The quantitative estimate of drug-likeness (QED) is 0.224. The number of phosphoric acid groups is 1. The van der Waals surface area contributed by atoms with E-state index < -0.39 is 7.82 Å². The molecular formula is C15H33NO6P+. The van der Waals surface area contributed by atoms with Gasteiger partial charge in [-0.05, 0) is 6.42 Å². The van der Waals surface area contributed by atoms with Crippen LogP contribution in [-0.4, -0.2) is 62.9 Å². The first-order valence-electron chi connectivity index (χ1n) is 8.24. The van der Waals surface area contributed by atoms with E-state index >= 15 is 0 Å². The van der Waals surface area contributed by atoms with E-state index in [9.17, 15) is 14.3 Å². The number of likely N-dealkylation sites (N-methyl/N-ethyl adjacent to an activating group) is 1. The standard InChI is InChI=1S/C15H32NO6P/c1-5-6-7-8-9-10-15(17)20-13-14-22-23(18,19)21-12-11-16(2,3)4/h5-14H2,1-4H3/p+1. The predicted molar refractivity (Wildman–Crippen MR) is 89.0 cm³/mol. The lowest BCUT2D eigenvalue weighted by molar-refractivity contribution is -0.870. The van der Waals surface area contributed by atoms with Gasteiger partial charge in [0.25, 0.3) is 0 Å². The monoisotopic (exact) mass is 354 g/mol. The zero-order chi connectivity index (χ0) is 17.8. The molecule has 8 heteroatoms. The second kappa shape index (κ2) is 12.0. The van der Waals surface area contributed by atoms with E-state index in [0.717, 1.165) is 19.3 Å². The van der Waals surface area contributed by atoms with Crippen LogP contribution in [0.2, 0.25) is 0 Å². The van der Waals surface area contributed by atoms with Crippen LogP contribution >= 0.6 is 7.82 Å². The van der Waals surface area contributed by atoms with Gasteiger partial charge in [-0.25, -0.2) is 4.57 Å². The van der Waals surface area contributed by atoms with Gasteiger partial charge in [0.05, 0.1) is 27.7 Å². The molecule has 1 unspecified atom stereocenters. The third kappa shape index (κ3) is 16.2. The van der Waals surface area contributed by atoms with E-state index in [4.69, 9.17) is 13.8 Å². The molecule has 0 rings (SSSR count). The van der Waals surface area contributed by atoms with Gasteiger partial charge in [0.2, 0.25) is 0 Å². The zero-order valence-electron chi connectivity index (χ0n) is 15.0. The van der Waals surface area contributed by atoms with E-state index in [0.29, 0.717) is 17.4 Å². The third-order valence-electron chi connectivity index (χ3n) is 3.10. The Hall–Kier alpha value is -0.460. The summed E-state index contributed by atoms with van der Waals surface area (Å²) in [4.78, 5) is 20.9. The van der Waals surface area contributed by atoms with Gasteiger partial charge in [0, 0.05) is 6.42 Å². The smallest absolute Gasteiger partial charge is 0.463 e. The van der Waals surface area contributed by atoms with Gasteiger partial charge in [-0.3, -0.25) is 13.8 Å². The Labute approximate surface area is 140 Å². The van der Waals surface area contributed by atoms with Crippen LogP contribution in [0.25, 0.3) is 0 Å². The number of quaternary nitrogens is 1. The maximum absolute atomic E-state index is 11.6. The molecule has 0 aromatic rings. The molecule has 0 spiro atoms. The van der Waals surface area contributed by atoms with Crippen LogP contribution < -0.4 is 0 Å². The van der Waals surface area contributed by atoms with Crippen molar-refractivity contribution < 1.29 is 32.5 Å². The molecule has 7 nitrogen and oxygen atoms in total. The van der Waals surface area contributed by atoms with E-state index in [1.165, 1.54) is 12.8 Å². The van der Waals surface area contributed by atoms with Crippen LogP contribution in [0, 0.1) is 0 Å². The molecule has 0 radical (unpaired) electrons. The minimum atomic E-state index is -4.07. The summed E-state index contributed by atoms with van der Waals surface area (Å²) in [5, 5.41) is 0. The molecule has 0 aliphatic heterocycles. The van der Waals surface area contributed by atoms with Crippen molar-refractivity contribution in [2.24, 2.45) is 0 Å². The summed E-state index contributed by atoms with van der Waals surface area (Å²) in [5.74, 6) is -0.302. The van der Waals surface area contributed by atoms with E-state index in [1.807, 2.05) is 21.1 Å². The number of hydrogen-bond donors (Lipinski definition) is 1. The van der Waals surface area contributed by atoms with E-state index in [2.05, 4.69) is 6.92 Å². The number of unbranched alkanes of at least 4 members (excludes halogenated alkanes) is 4. The highest BCUT2D eigenvalue weighted by molar-refractivity contribution is 7.47. The molecule has 0 aliphatic rings. The Balaban J connectivity index is 3.64. The van der Waals surface area contributed by atoms with Crippen LogP contribution in [0.15, 0.2) is 0 Å². The average Bonchev–Trinajstić information content (AvgIpc) is 2.42. The maximum Gasteiger partial charge on any atom is 0.472 e. The van der Waals surface area contributed by atoms with Crippen LogP contribution in [-0.2, 0) is 23.1 Å². The van der Waals surface area contributed by atoms with Crippen molar-refractivity contribution in [1.82, 2.24) is 0 Å². The van der Waals surface area contributed by atoms with Gasteiger partial charge < -0.3 is 14.1 Å². The summed E-state index contributed by atoms with van der Waals surface area (Å²) in [6, 6.07) is 0. The highest BCUT2D eigenvalue weighted by Gasteiger charge is 2.22. The van der Waals surface area contributed by atoms with Gasteiger partial charge in [-0.15, -0.1) is 0 Å². The van der Waals surface area contributed by atoms with Crippen LogP contribution in [0.3, 0.4) is 0 Å². The van der Waals surface area contributed by atoms with E-state index in [-0.39, 0.29) is 25.8 Å². The summed E-state index contributed by atoms with van der Waals surface area (Å²) >= 11 is 0. The lowest BCUT2D eigenvalue weighted by Gasteiger charge is -2.23. The molecule has 0 bridgehead atoms. The molecule has 23 heavy (non-hydrogen) atoms. The van der Waals surface area contributed by atoms with Crippen molar-refractivity contribution >= 4 is 13.8 Å². The lowest BCUT2D eigenvalue weighted by Crippen LogP contribution is -2.37. The number of rotatable bonds is 14. The summed E-state index contributed by atoms with van der Waals surface area (Å²) in [6.07, 6.45) is 5.69. The topological polar surface area (TPSA) is 82.1 Å². The maximum atomic E-state index is 11.6. The molecule has 0 aliphatic carbocycles. The van der Waals surface area contributed by atoms with Crippen molar-refractivity contribution in [3.8, 4) is 0 Å². The minimum absolute atomic E-state index is 0.0446. The Morgan fingerprint density at radius 1 is 1.00 bits per heavy atom. The van der Waals surface area contributed by atoms with Crippen LogP contribution in [0.5, 0.6) is 0 Å². The molecule has 1 atom stereocenters. The van der Waals surface area contributed by atoms with Crippen LogP contribution in [0.1, 0.15) is 45.4 Å². The average molecular weight is 354 g/mol. The molecule has 0 amide bonds. The number of esters is 1. The summed E-state index contributed by atoms with van der Waals surface area (Å²) < 4.78 is 26.8. The van der Waals surface area contributed by atoms with E-state index in [1.54, 1.807) is 0 Å². The van der Waals surface area contributed by atoms with Gasteiger partial charge in [-0.2, -0.15) is 0 Å². The molecule has 1 N–H and O–H groups in total. The van der Waals surface area contributed by atoms with Crippen molar-refractivity contribution in [2.45, 2.75) is 45.4 Å². The Morgan fingerprint density at radius 2 is 1.61 bits per heavy atom. The highest BCUT2D eigenvalue weighted by Crippen LogP contribution is 2.42. The molecule has 0 aromatic heterocycles. The summed E-state index contributed by atoms with van der Waals surface area (Å²) in [5.41, 5.74) is 0. The summed E-state index contributed by atoms with van der Waals surface area (Å²) in [7, 11) is 1.78. The number of hydrogen-bond acceptors (Lipinski definition) is 5. The number of phosphoric ester groups is 1. The number of nitrogens with zero attached hydrogens (tertiary/aromatic N) is 1. The molecule has 0 heterocycles. The molecular weight excluding hydrogens is 321 g/mol. The predicted octanol–water partition coefficient (Wildman–Crippen LogP) is 2.73. The van der Waals surface area contributed by atoms with Gasteiger partial charge in [0.15, 0.2) is 0 Å². The second-order valence-electron chi connectivity index (χ2n) is 6.53. The summed E-state index contributed by atoms with van der Waals surface area (Å²) in [6.45, 7) is 2.65. The largest absolute Gasteiger partial charge is 0.472 e. The number of carbonyl (C=O) groups is 1. The third-order valence-corrected chi connectivity index (χ3v) is 4.12. The van der Waals surface area contributed by atoms with Crippen molar-refractivity contribution in [3.05, 3.63) is 0 Å². The first kappa shape index (κ1) is 22.5. The fourth-order valence-electron chi connectivity index (χ4n) is 1.72. The first-order valence-corrected chi connectivity index (χ1v) is 9.74. The number of carbonyl (C=O) groups excluding carboxylic acids is 1. The minimum Gasteiger partial charge on any atom is -0.463 e. The van der Waals surface area contributed by atoms with Crippen LogP contribution in [0.4, 0.5) is 0 Å². The molecule has 138 valence electrons. The fourth-order valence-corrected chi connectivity index (χ4v) is 2.41. The molecule has 0 saturated carbocycles. The van der Waals surface area contributed by atoms with Crippen molar-refractivity contribution in [2.75, 3.05) is 47.5 Å². The molecule has 0 saturated heterocycles. The fraction of sp³-hybridized carbons (Fsp3) is 0.933. The first-order chi connectivity index (χ1) is 10.7. The Morgan fingerprint density at radius 3 is 2.22 bits per heavy atom.